The molecule has 0 saturated carbocycles. The Kier molecular flexibility index (Phi) is 11.9. The first kappa shape index (κ1) is 25.2. The number of phenolic OH excluding ortho intramolecular Hbond substituents is 1. The highest BCUT2D eigenvalue weighted by Crippen LogP contribution is 2.27. The highest BCUT2D eigenvalue weighted by atomic mass is 16.3. The molecule has 0 radical (unpaired) electrons. The van der Waals surface area contributed by atoms with E-state index in [1.54, 1.807) is 6.07 Å². The van der Waals surface area contributed by atoms with Gasteiger partial charge in [0.2, 0.25) is 0 Å². The molecule has 1 N–H and O–H groups in total. The van der Waals surface area contributed by atoms with Crippen molar-refractivity contribution in [1.29, 1.82) is 0 Å². The van der Waals surface area contributed by atoms with Crippen LogP contribution in [-0.4, -0.2) is 23.6 Å². The zero-order chi connectivity index (χ0) is 22.4. The highest BCUT2D eigenvalue weighted by Gasteiger charge is 2.08. The molecule has 0 aromatic heterocycles. The second-order valence-corrected chi connectivity index (χ2v) is 6.46. The maximum absolute atomic E-state index is 9.93. The van der Waals surface area contributed by atoms with Crippen LogP contribution in [0.2, 0.25) is 0 Å². The average molecular weight is 404 g/mol. The van der Waals surface area contributed by atoms with Crippen molar-refractivity contribution in [2.24, 2.45) is 0 Å². The molecule has 0 unspecified atom stereocenters. The normalized spacial score (nSPS) is 9.70. The highest BCUT2D eigenvalue weighted by molar-refractivity contribution is 5.87. The molecule has 0 saturated heterocycles. The van der Waals surface area contributed by atoms with Crippen molar-refractivity contribution in [3.63, 3.8) is 0 Å². The first-order valence-electron chi connectivity index (χ1n) is 11.0. The van der Waals surface area contributed by atoms with E-state index in [1.807, 2.05) is 45.9 Å². The van der Waals surface area contributed by atoms with Crippen molar-refractivity contribution in [3.8, 4) is 5.75 Å². The maximum atomic E-state index is 9.93. The van der Waals surface area contributed by atoms with E-state index >= 15 is 0 Å². The van der Waals surface area contributed by atoms with Crippen LogP contribution in [0.25, 0.3) is 21.5 Å². The van der Waals surface area contributed by atoms with Gasteiger partial charge in [-0.1, -0.05) is 113 Å². The van der Waals surface area contributed by atoms with Crippen molar-refractivity contribution in [1.82, 2.24) is 4.90 Å². The van der Waals surface area contributed by atoms with Crippen LogP contribution in [0.5, 0.6) is 5.75 Å². The van der Waals surface area contributed by atoms with Gasteiger partial charge in [0.1, 0.15) is 5.75 Å². The van der Waals surface area contributed by atoms with E-state index < -0.39 is 0 Å². The summed E-state index contributed by atoms with van der Waals surface area (Å²) >= 11 is 0. The Morgan fingerprint density at radius 1 is 0.633 bits per heavy atom. The van der Waals surface area contributed by atoms with Gasteiger partial charge >= 0.3 is 0 Å². The summed E-state index contributed by atoms with van der Waals surface area (Å²) in [5.41, 5.74) is 1.02. The topological polar surface area (TPSA) is 23.5 Å². The fourth-order valence-electron chi connectivity index (χ4n) is 3.01. The summed E-state index contributed by atoms with van der Waals surface area (Å²) in [5, 5.41) is 14.9. The van der Waals surface area contributed by atoms with E-state index in [2.05, 4.69) is 79.5 Å². The number of phenols is 1. The van der Waals surface area contributed by atoms with E-state index in [1.165, 1.54) is 16.2 Å². The summed E-state index contributed by atoms with van der Waals surface area (Å²) in [4.78, 5) is 2.18. The molecule has 0 aliphatic rings. The molecule has 160 valence electrons. The van der Waals surface area contributed by atoms with Crippen molar-refractivity contribution < 1.29 is 5.11 Å². The van der Waals surface area contributed by atoms with Gasteiger partial charge in [-0.15, -0.1) is 0 Å². The van der Waals surface area contributed by atoms with Crippen molar-refractivity contribution in [2.75, 3.05) is 13.6 Å². The fourth-order valence-corrected chi connectivity index (χ4v) is 3.01. The molecule has 4 aromatic rings. The summed E-state index contributed by atoms with van der Waals surface area (Å²) in [7, 11) is 2.06. The maximum Gasteiger partial charge on any atom is 0.120 e. The molecule has 4 rings (SSSR count). The largest absolute Gasteiger partial charge is 0.508 e. The van der Waals surface area contributed by atoms with Crippen LogP contribution in [0.1, 0.15) is 40.2 Å². The molecule has 4 aromatic carbocycles. The Hall–Kier alpha value is -2.84. The SMILES string of the molecule is CC.CC.CCN(C)Cc1c(O)ccc2ccccc12.c1ccc2ccccc2c1. The van der Waals surface area contributed by atoms with E-state index in [0.29, 0.717) is 5.75 Å². The van der Waals surface area contributed by atoms with Gasteiger partial charge in [-0.25, -0.2) is 0 Å². The lowest BCUT2D eigenvalue weighted by atomic mass is 10.0. The van der Waals surface area contributed by atoms with Gasteiger partial charge in [-0.3, -0.25) is 0 Å². The molecule has 0 aliphatic carbocycles. The summed E-state index contributed by atoms with van der Waals surface area (Å²) < 4.78 is 0. The van der Waals surface area contributed by atoms with Gasteiger partial charge in [0.05, 0.1) is 0 Å². The minimum Gasteiger partial charge on any atom is -0.508 e. The summed E-state index contributed by atoms with van der Waals surface area (Å²) in [6.07, 6.45) is 0. The van der Waals surface area contributed by atoms with Gasteiger partial charge in [0, 0.05) is 12.1 Å². The minimum atomic E-state index is 0.388. The summed E-state index contributed by atoms with van der Waals surface area (Å²) in [5.74, 6) is 0.388. The average Bonchev–Trinajstić information content (AvgIpc) is 2.84. The Labute approximate surface area is 182 Å². The predicted molar refractivity (Wildman–Crippen MR) is 134 cm³/mol. The van der Waals surface area contributed by atoms with Crippen LogP contribution in [0.4, 0.5) is 0 Å². The first-order chi connectivity index (χ1) is 14.7. The van der Waals surface area contributed by atoms with E-state index in [0.717, 1.165) is 24.0 Å². The molecule has 0 amide bonds. The van der Waals surface area contributed by atoms with Crippen LogP contribution < -0.4 is 0 Å². The van der Waals surface area contributed by atoms with Crippen LogP contribution in [0.15, 0.2) is 84.9 Å². The number of nitrogens with zero attached hydrogens (tertiary/aromatic N) is 1. The lowest BCUT2D eigenvalue weighted by molar-refractivity contribution is 0.339. The molecule has 0 spiro atoms. The summed E-state index contributed by atoms with van der Waals surface area (Å²) in [6.45, 7) is 11.9. The van der Waals surface area contributed by atoms with Gasteiger partial charge in [0.25, 0.3) is 0 Å². The smallest absolute Gasteiger partial charge is 0.120 e. The van der Waals surface area contributed by atoms with Crippen LogP contribution in [0.3, 0.4) is 0 Å². The Morgan fingerprint density at radius 3 is 1.53 bits per heavy atom. The third-order valence-electron chi connectivity index (χ3n) is 4.64. The fraction of sp³-hybridized carbons (Fsp3) is 0.286. The van der Waals surface area contributed by atoms with Gasteiger partial charge in [0.15, 0.2) is 0 Å². The van der Waals surface area contributed by atoms with E-state index in [9.17, 15) is 5.11 Å². The second-order valence-electron chi connectivity index (χ2n) is 6.46. The van der Waals surface area contributed by atoms with Crippen LogP contribution in [-0.2, 0) is 6.54 Å². The van der Waals surface area contributed by atoms with Crippen LogP contribution in [0, 0.1) is 0 Å². The van der Waals surface area contributed by atoms with Gasteiger partial charge < -0.3 is 10.0 Å². The van der Waals surface area contributed by atoms with Crippen molar-refractivity contribution in [3.05, 3.63) is 90.5 Å². The molecule has 2 heteroatoms. The minimum absolute atomic E-state index is 0.388. The molecule has 0 aliphatic heterocycles. The number of hydrogen-bond acceptors (Lipinski definition) is 2. The lowest BCUT2D eigenvalue weighted by Gasteiger charge is -2.16. The molecule has 0 atom stereocenters. The third kappa shape index (κ3) is 7.20. The lowest BCUT2D eigenvalue weighted by Crippen LogP contribution is -2.16. The molecular formula is C28H37NO. The van der Waals surface area contributed by atoms with Gasteiger partial charge in [-0.2, -0.15) is 0 Å². The van der Waals surface area contributed by atoms with Gasteiger partial charge in [-0.05, 0) is 41.2 Å². The Bertz CT molecular complexity index is 928. The summed E-state index contributed by atoms with van der Waals surface area (Å²) in [6, 6.07) is 28.6. The predicted octanol–water partition coefficient (Wildman–Crippen LogP) is 7.89. The van der Waals surface area contributed by atoms with E-state index in [4.69, 9.17) is 0 Å². The Balaban J connectivity index is 0.000000275. The number of fused-ring (bicyclic) bond motifs is 2. The molecular weight excluding hydrogens is 366 g/mol. The molecule has 0 fully saturated rings. The van der Waals surface area contributed by atoms with Crippen LogP contribution >= 0.6 is 0 Å². The standard InChI is InChI=1S/C14H17NO.C10H8.2C2H6/c1-3-15(2)10-13-12-7-5-4-6-11(12)8-9-14(13)16;1-2-6-10-8-4-3-7-9(10)5-1;2*1-2/h4-9,16H,3,10H2,1-2H3;1-8H;2*1-2H3. The second kappa shape index (κ2) is 14.2. The number of rotatable bonds is 3. The first-order valence-corrected chi connectivity index (χ1v) is 11.0. The zero-order valence-electron chi connectivity index (χ0n) is 19.4. The van der Waals surface area contributed by atoms with Crippen molar-refractivity contribution >= 4 is 21.5 Å². The molecule has 0 heterocycles. The molecule has 0 bridgehead atoms. The number of aromatic hydroxyl groups is 1. The molecule has 2 nitrogen and oxygen atoms in total. The number of hydrogen-bond donors (Lipinski definition) is 1. The Morgan fingerprint density at radius 2 is 1.07 bits per heavy atom. The third-order valence-corrected chi connectivity index (χ3v) is 4.64. The number of benzene rings is 4. The molecule has 30 heavy (non-hydrogen) atoms. The van der Waals surface area contributed by atoms with Crippen molar-refractivity contribution in [2.45, 2.75) is 41.2 Å². The zero-order valence-corrected chi connectivity index (χ0v) is 19.4. The van der Waals surface area contributed by atoms with E-state index in [-0.39, 0.29) is 0 Å². The quantitative estimate of drug-likeness (QED) is 0.376. The monoisotopic (exact) mass is 403 g/mol.